The number of nitrogens with zero attached hydrogens (tertiary/aromatic N) is 6. The van der Waals surface area contributed by atoms with E-state index in [1.165, 1.54) is 16.9 Å². The predicted molar refractivity (Wildman–Crippen MR) is 99.3 cm³/mol. The summed E-state index contributed by atoms with van der Waals surface area (Å²) in [5, 5.41) is 13.2. The first-order valence-electron chi connectivity index (χ1n) is 9.26. The summed E-state index contributed by atoms with van der Waals surface area (Å²) in [7, 11) is 0. The molecule has 0 aliphatic carbocycles. The Balaban J connectivity index is 1.68. The van der Waals surface area contributed by atoms with Crippen LogP contribution < -0.4 is 0 Å². The number of piperidine rings is 1. The maximum absolute atomic E-state index is 13.3. The zero-order chi connectivity index (χ0) is 20.5. The highest BCUT2D eigenvalue weighted by Gasteiger charge is 2.33. The van der Waals surface area contributed by atoms with E-state index in [4.69, 9.17) is 5.26 Å². The molecule has 148 valence electrons. The van der Waals surface area contributed by atoms with Gasteiger partial charge in [0.1, 0.15) is 12.0 Å². The number of fused-ring (bicyclic) bond motifs is 1. The summed E-state index contributed by atoms with van der Waals surface area (Å²) < 4.78 is 28.1. The Hall–Kier alpha value is -3.41. The summed E-state index contributed by atoms with van der Waals surface area (Å²) in [6.45, 7) is 2.95. The van der Waals surface area contributed by atoms with Crippen LogP contribution in [0.2, 0.25) is 0 Å². The Kier molecular flexibility index (Phi) is 4.92. The van der Waals surface area contributed by atoms with Gasteiger partial charge >= 0.3 is 0 Å². The number of benzene rings is 1. The number of aromatic nitrogens is 4. The van der Waals surface area contributed by atoms with E-state index >= 15 is 0 Å². The highest BCUT2D eigenvalue weighted by atomic mass is 19.3. The van der Waals surface area contributed by atoms with Crippen LogP contribution >= 0.6 is 0 Å². The monoisotopic (exact) mass is 396 g/mol. The Morgan fingerprint density at radius 2 is 2.17 bits per heavy atom. The second-order valence-corrected chi connectivity index (χ2v) is 7.19. The Morgan fingerprint density at radius 1 is 1.34 bits per heavy atom. The third-order valence-corrected chi connectivity index (χ3v) is 5.39. The molecule has 1 amide bonds. The third-order valence-electron chi connectivity index (χ3n) is 5.39. The van der Waals surface area contributed by atoms with Crippen molar-refractivity contribution in [3.05, 3.63) is 59.2 Å². The fourth-order valence-corrected chi connectivity index (χ4v) is 3.77. The van der Waals surface area contributed by atoms with Gasteiger partial charge in [-0.2, -0.15) is 15.3 Å². The van der Waals surface area contributed by atoms with Crippen LogP contribution in [0.25, 0.3) is 5.78 Å². The minimum Gasteiger partial charge on any atom is -0.338 e. The van der Waals surface area contributed by atoms with Crippen LogP contribution in [0.4, 0.5) is 8.78 Å². The fraction of sp³-hybridized carbons (Fsp3) is 0.350. The number of halogens is 2. The van der Waals surface area contributed by atoms with Gasteiger partial charge < -0.3 is 4.90 Å². The summed E-state index contributed by atoms with van der Waals surface area (Å²) in [5.74, 6) is -0.103. The predicted octanol–water partition coefficient (Wildman–Crippen LogP) is 3.20. The highest BCUT2D eigenvalue weighted by molar-refractivity contribution is 5.94. The first-order chi connectivity index (χ1) is 14.0. The molecular formula is C20H18F2N6O. The van der Waals surface area contributed by atoms with Crippen LogP contribution in [-0.4, -0.2) is 43.5 Å². The molecule has 0 bridgehead atoms. The van der Waals surface area contributed by atoms with E-state index in [0.29, 0.717) is 29.9 Å². The minimum absolute atomic E-state index is 0.121. The zero-order valence-corrected chi connectivity index (χ0v) is 15.7. The van der Waals surface area contributed by atoms with Gasteiger partial charge in [-0.05, 0) is 36.6 Å². The smallest absolute Gasteiger partial charge is 0.280 e. The second kappa shape index (κ2) is 7.54. The summed E-state index contributed by atoms with van der Waals surface area (Å²) in [5.41, 5.74) is 1.07. The number of carbonyl (C=O) groups excluding carboxylic acids is 1. The van der Waals surface area contributed by atoms with Gasteiger partial charge in [0.05, 0.1) is 17.3 Å². The summed E-state index contributed by atoms with van der Waals surface area (Å²) >= 11 is 0. The molecule has 1 aliphatic heterocycles. The van der Waals surface area contributed by atoms with Crippen molar-refractivity contribution in [3.8, 4) is 6.07 Å². The molecule has 1 aromatic carbocycles. The second-order valence-electron chi connectivity index (χ2n) is 7.19. The molecule has 9 heteroatoms. The van der Waals surface area contributed by atoms with Crippen LogP contribution in [0, 0.1) is 17.2 Å². The number of amides is 1. The van der Waals surface area contributed by atoms with E-state index in [-0.39, 0.29) is 29.2 Å². The maximum Gasteiger partial charge on any atom is 0.280 e. The van der Waals surface area contributed by atoms with E-state index in [1.807, 2.05) is 13.0 Å². The maximum atomic E-state index is 13.3. The number of hydrogen-bond donors (Lipinski definition) is 0. The molecule has 1 fully saturated rings. The molecule has 2 atom stereocenters. The average Bonchev–Trinajstić information content (AvgIpc) is 3.22. The minimum atomic E-state index is -2.72. The molecule has 29 heavy (non-hydrogen) atoms. The Labute approximate surface area is 165 Å². The first-order valence-corrected chi connectivity index (χ1v) is 9.26. The van der Waals surface area contributed by atoms with Crippen LogP contribution in [0.15, 0.2) is 36.7 Å². The van der Waals surface area contributed by atoms with E-state index in [1.54, 1.807) is 29.2 Å². The van der Waals surface area contributed by atoms with E-state index in [9.17, 15) is 13.6 Å². The molecule has 2 aromatic heterocycles. The third kappa shape index (κ3) is 3.53. The van der Waals surface area contributed by atoms with Gasteiger partial charge in [-0.1, -0.05) is 13.0 Å². The number of hydrogen-bond acceptors (Lipinski definition) is 5. The van der Waals surface area contributed by atoms with Crippen LogP contribution in [0.1, 0.15) is 53.0 Å². The summed E-state index contributed by atoms with van der Waals surface area (Å²) in [6.07, 6.45) is -0.720. The molecule has 1 aliphatic rings. The molecule has 4 rings (SSSR count). The molecule has 3 heterocycles. The van der Waals surface area contributed by atoms with Gasteiger partial charge in [0.2, 0.25) is 0 Å². The van der Waals surface area contributed by atoms with Gasteiger partial charge in [0.25, 0.3) is 18.1 Å². The number of rotatable bonds is 3. The van der Waals surface area contributed by atoms with Gasteiger partial charge in [0, 0.05) is 24.6 Å². The molecular weight excluding hydrogens is 378 g/mol. The van der Waals surface area contributed by atoms with Crippen molar-refractivity contribution < 1.29 is 13.6 Å². The van der Waals surface area contributed by atoms with Crippen molar-refractivity contribution in [1.29, 1.82) is 5.26 Å². The molecule has 0 unspecified atom stereocenters. The number of likely N-dealkylation sites (tertiary alicyclic amines) is 1. The molecule has 0 N–H and O–H groups in total. The number of nitriles is 1. The molecule has 0 saturated carbocycles. The van der Waals surface area contributed by atoms with Crippen LogP contribution in [0.3, 0.4) is 0 Å². The van der Waals surface area contributed by atoms with Crippen LogP contribution in [0.5, 0.6) is 0 Å². The lowest BCUT2D eigenvalue weighted by atomic mass is 9.84. The first kappa shape index (κ1) is 18.9. The lowest BCUT2D eigenvalue weighted by Gasteiger charge is -2.37. The zero-order valence-electron chi connectivity index (χ0n) is 15.7. The SMILES string of the molecule is C[C@@H]1CCN(C(=O)c2cccc(C#N)c2)C[C@H]1c1cc(C(F)F)nc2ncnn12. The largest absolute Gasteiger partial charge is 0.338 e. The standard InChI is InChI=1S/C20H18F2N6O/c1-12-5-6-27(19(29)14-4-2-3-13(7-14)9-23)10-15(12)17-8-16(18(21)22)26-20-24-11-25-28(17)20/h2-4,7-8,11-12,15,18H,5-6,10H2,1H3/t12-,15-/m1/s1. The van der Waals surface area contributed by atoms with Gasteiger partial charge in [-0.3, -0.25) is 4.79 Å². The lowest BCUT2D eigenvalue weighted by Crippen LogP contribution is -2.42. The van der Waals surface area contributed by atoms with Crippen molar-refractivity contribution in [2.24, 2.45) is 5.92 Å². The number of carbonyl (C=O) groups is 1. The van der Waals surface area contributed by atoms with Gasteiger partial charge in [0.15, 0.2) is 0 Å². The fourth-order valence-electron chi connectivity index (χ4n) is 3.77. The van der Waals surface area contributed by atoms with Crippen molar-refractivity contribution in [2.45, 2.75) is 25.7 Å². The van der Waals surface area contributed by atoms with Gasteiger partial charge in [-0.15, -0.1) is 0 Å². The van der Waals surface area contributed by atoms with Crippen molar-refractivity contribution >= 4 is 11.7 Å². The van der Waals surface area contributed by atoms with E-state index in [0.717, 1.165) is 6.42 Å². The average molecular weight is 396 g/mol. The summed E-state index contributed by atoms with van der Waals surface area (Å²) in [6, 6.07) is 9.94. The van der Waals surface area contributed by atoms with Crippen LogP contribution in [-0.2, 0) is 0 Å². The molecule has 7 nitrogen and oxygen atoms in total. The van der Waals surface area contributed by atoms with Gasteiger partial charge in [-0.25, -0.2) is 18.3 Å². The summed E-state index contributed by atoms with van der Waals surface area (Å²) in [4.78, 5) is 22.5. The quantitative estimate of drug-likeness (QED) is 0.679. The van der Waals surface area contributed by atoms with Crippen molar-refractivity contribution in [1.82, 2.24) is 24.5 Å². The highest BCUT2D eigenvalue weighted by Crippen LogP contribution is 2.34. The Morgan fingerprint density at radius 3 is 2.93 bits per heavy atom. The normalized spacial score (nSPS) is 19.5. The Bertz CT molecular complexity index is 1110. The molecule has 0 radical (unpaired) electrons. The lowest BCUT2D eigenvalue weighted by molar-refractivity contribution is 0.0665. The van der Waals surface area contributed by atoms with Crippen molar-refractivity contribution in [3.63, 3.8) is 0 Å². The molecule has 1 saturated heterocycles. The van der Waals surface area contributed by atoms with Crippen molar-refractivity contribution in [2.75, 3.05) is 13.1 Å². The molecule has 0 spiro atoms. The number of alkyl halides is 2. The van der Waals surface area contributed by atoms with E-state index in [2.05, 4.69) is 15.1 Å². The molecule has 3 aromatic rings. The topological polar surface area (TPSA) is 87.2 Å². The van der Waals surface area contributed by atoms with E-state index < -0.39 is 6.43 Å².